The summed E-state index contributed by atoms with van der Waals surface area (Å²) in [6.07, 6.45) is 5.09. The normalized spacial score (nSPS) is 17.5. The van der Waals surface area contributed by atoms with Crippen molar-refractivity contribution in [1.29, 1.82) is 0 Å². The van der Waals surface area contributed by atoms with E-state index >= 15 is 0 Å². The summed E-state index contributed by atoms with van der Waals surface area (Å²) in [5, 5.41) is 9.17. The van der Waals surface area contributed by atoms with Crippen molar-refractivity contribution in [1.82, 2.24) is 9.71 Å². The number of nitrogens with zero attached hydrogens (tertiary/aromatic N) is 1. The van der Waals surface area contributed by atoms with Gasteiger partial charge in [0.1, 0.15) is 16.3 Å². The molecule has 0 atom stereocenters. The van der Waals surface area contributed by atoms with E-state index in [0.717, 1.165) is 18.5 Å². The first-order valence-corrected chi connectivity index (χ1v) is 6.87. The van der Waals surface area contributed by atoms with Crippen LogP contribution in [0.5, 0.6) is 0 Å². The summed E-state index contributed by atoms with van der Waals surface area (Å²) in [5.74, 6) is -2.08. The number of pyridine rings is 1. The fourth-order valence-corrected chi connectivity index (χ4v) is 3.16. The quantitative estimate of drug-likeness (QED) is 0.793. The average molecular weight is 286 g/mol. The molecule has 2 N–H and O–H groups in total. The van der Waals surface area contributed by atoms with Crippen molar-refractivity contribution in [2.24, 2.45) is 0 Å². The molecule has 1 aromatic heterocycles. The number of nitrogens with one attached hydrogen (secondary N) is 1. The summed E-state index contributed by atoms with van der Waals surface area (Å²) < 4.78 is 39.2. The van der Waals surface area contributed by atoms with Gasteiger partial charge in [-0.05, 0) is 18.9 Å². The van der Waals surface area contributed by atoms with Crippen LogP contribution in [0.2, 0.25) is 0 Å². The lowest BCUT2D eigenvalue weighted by Gasteiger charge is -2.24. The third kappa shape index (κ3) is 2.64. The first-order chi connectivity index (χ1) is 8.86. The minimum absolute atomic E-state index is 0.0459. The van der Waals surface area contributed by atoms with E-state index in [0.29, 0.717) is 0 Å². The third-order valence-corrected chi connectivity index (χ3v) is 4.33. The van der Waals surface area contributed by atoms with E-state index in [1.165, 1.54) is 0 Å². The molecule has 1 aliphatic rings. The molecule has 0 aromatic carbocycles. The Hall–Kier alpha value is -1.80. The SMILES string of the molecule is O=C(O)C1(NS(=O)(=O)c2cncc(F)c2)CC=CC1. The minimum atomic E-state index is -4.14. The first-order valence-electron chi connectivity index (χ1n) is 5.39. The molecule has 1 heterocycles. The molecule has 8 heteroatoms. The van der Waals surface area contributed by atoms with Crippen LogP contribution in [0.4, 0.5) is 4.39 Å². The standard InChI is InChI=1S/C11H11FN2O4S/c12-8-5-9(7-13-6-8)19(17,18)14-11(10(15)16)3-1-2-4-11/h1-2,5-7,14H,3-4H2,(H,15,16). The zero-order chi connectivity index (χ0) is 14.1. The Bertz CT molecular complexity index is 634. The van der Waals surface area contributed by atoms with Gasteiger partial charge in [-0.25, -0.2) is 12.8 Å². The van der Waals surface area contributed by atoms with Crippen LogP contribution in [0.3, 0.4) is 0 Å². The highest BCUT2D eigenvalue weighted by Gasteiger charge is 2.42. The van der Waals surface area contributed by atoms with Crippen molar-refractivity contribution in [3.63, 3.8) is 0 Å². The summed E-state index contributed by atoms with van der Waals surface area (Å²) >= 11 is 0. The molecule has 0 spiro atoms. The number of aromatic nitrogens is 1. The van der Waals surface area contributed by atoms with Crippen LogP contribution in [-0.2, 0) is 14.8 Å². The summed E-state index contributed by atoms with van der Waals surface area (Å²) in [6.45, 7) is 0. The monoisotopic (exact) mass is 286 g/mol. The highest BCUT2D eigenvalue weighted by atomic mass is 32.2. The van der Waals surface area contributed by atoms with Crippen molar-refractivity contribution in [2.75, 3.05) is 0 Å². The van der Waals surface area contributed by atoms with Gasteiger partial charge in [-0.1, -0.05) is 12.2 Å². The van der Waals surface area contributed by atoms with Gasteiger partial charge in [0.05, 0.1) is 6.20 Å². The van der Waals surface area contributed by atoms with Gasteiger partial charge in [-0.3, -0.25) is 9.78 Å². The maximum atomic E-state index is 13.0. The average Bonchev–Trinajstić information content (AvgIpc) is 2.78. The number of halogens is 1. The Morgan fingerprint density at radius 2 is 2.00 bits per heavy atom. The molecule has 0 fully saturated rings. The number of carboxylic acids is 1. The van der Waals surface area contributed by atoms with E-state index in [9.17, 15) is 22.7 Å². The second-order valence-corrected chi connectivity index (χ2v) is 5.89. The summed E-state index contributed by atoms with van der Waals surface area (Å²) in [7, 11) is -4.14. The van der Waals surface area contributed by atoms with Crippen LogP contribution in [0.15, 0.2) is 35.5 Å². The molecule has 0 bridgehead atoms. The van der Waals surface area contributed by atoms with Crippen molar-refractivity contribution >= 4 is 16.0 Å². The highest BCUT2D eigenvalue weighted by molar-refractivity contribution is 7.89. The first kappa shape index (κ1) is 13.6. The third-order valence-electron chi connectivity index (χ3n) is 2.83. The molecule has 1 aliphatic carbocycles. The van der Waals surface area contributed by atoms with E-state index in [1.54, 1.807) is 12.2 Å². The lowest BCUT2D eigenvalue weighted by molar-refractivity contribution is -0.143. The fraction of sp³-hybridized carbons (Fsp3) is 0.273. The van der Waals surface area contributed by atoms with Crippen LogP contribution < -0.4 is 4.72 Å². The van der Waals surface area contributed by atoms with Gasteiger partial charge in [-0.15, -0.1) is 0 Å². The Labute approximate surface area is 109 Å². The molecule has 102 valence electrons. The van der Waals surface area contributed by atoms with Crippen LogP contribution >= 0.6 is 0 Å². The van der Waals surface area contributed by atoms with Gasteiger partial charge >= 0.3 is 5.97 Å². The van der Waals surface area contributed by atoms with Crippen LogP contribution in [0.1, 0.15) is 12.8 Å². The van der Waals surface area contributed by atoms with E-state index in [1.807, 2.05) is 0 Å². The zero-order valence-electron chi connectivity index (χ0n) is 9.71. The minimum Gasteiger partial charge on any atom is -0.480 e. The predicted octanol–water partition coefficient (Wildman–Crippen LogP) is 0.672. The highest BCUT2D eigenvalue weighted by Crippen LogP contribution is 2.26. The van der Waals surface area contributed by atoms with Gasteiger partial charge in [0.15, 0.2) is 0 Å². The van der Waals surface area contributed by atoms with E-state index in [4.69, 9.17) is 0 Å². The predicted molar refractivity (Wildman–Crippen MR) is 63.3 cm³/mol. The van der Waals surface area contributed by atoms with E-state index in [2.05, 4.69) is 9.71 Å². The lowest BCUT2D eigenvalue weighted by Crippen LogP contribution is -2.52. The number of carbonyl (C=O) groups is 1. The molecular weight excluding hydrogens is 275 g/mol. The molecule has 19 heavy (non-hydrogen) atoms. The van der Waals surface area contributed by atoms with Gasteiger partial charge in [0.2, 0.25) is 10.0 Å². The maximum Gasteiger partial charge on any atom is 0.325 e. The Morgan fingerprint density at radius 3 is 2.53 bits per heavy atom. The van der Waals surface area contributed by atoms with Crippen LogP contribution in [0.25, 0.3) is 0 Å². The maximum absolute atomic E-state index is 13.0. The van der Waals surface area contributed by atoms with Crippen molar-refractivity contribution in [3.8, 4) is 0 Å². The number of aliphatic carboxylic acids is 1. The van der Waals surface area contributed by atoms with Crippen LogP contribution in [0, 0.1) is 5.82 Å². The van der Waals surface area contributed by atoms with Gasteiger partial charge in [0, 0.05) is 6.20 Å². The van der Waals surface area contributed by atoms with E-state index in [-0.39, 0.29) is 12.8 Å². The van der Waals surface area contributed by atoms with Crippen LogP contribution in [-0.4, -0.2) is 30.0 Å². The molecule has 2 rings (SSSR count). The number of sulfonamides is 1. The molecule has 0 unspecified atom stereocenters. The molecule has 6 nitrogen and oxygen atoms in total. The molecule has 0 saturated carbocycles. The molecule has 0 saturated heterocycles. The van der Waals surface area contributed by atoms with Gasteiger partial charge in [0.25, 0.3) is 0 Å². The Morgan fingerprint density at radius 1 is 1.37 bits per heavy atom. The molecule has 0 radical (unpaired) electrons. The largest absolute Gasteiger partial charge is 0.480 e. The number of rotatable bonds is 4. The summed E-state index contributed by atoms with van der Waals surface area (Å²) in [4.78, 5) is 14.3. The number of hydrogen-bond acceptors (Lipinski definition) is 4. The number of carboxylic acid groups (broad SMARTS) is 1. The second-order valence-electron chi connectivity index (χ2n) is 4.21. The molecule has 0 amide bonds. The molecular formula is C11H11FN2O4S. The number of hydrogen-bond donors (Lipinski definition) is 2. The Kier molecular flexibility index (Phi) is 3.38. The van der Waals surface area contributed by atoms with Crippen molar-refractivity contribution < 1.29 is 22.7 Å². The van der Waals surface area contributed by atoms with Gasteiger partial charge < -0.3 is 5.11 Å². The topological polar surface area (TPSA) is 96.4 Å². The second kappa shape index (κ2) is 4.71. The molecule has 0 aliphatic heterocycles. The van der Waals surface area contributed by atoms with Crippen molar-refractivity contribution in [2.45, 2.75) is 23.3 Å². The summed E-state index contributed by atoms with van der Waals surface area (Å²) in [5.41, 5.74) is -1.61. The summed E-state index contributed by atoms with van der Waals surface area (Å²) in [6, 6.07) is 0.785. The fourth-order valence-electron chi connectivity index (χ4n) is 1.81. The Balaban J connectivity index is 2.34. The molecule has 1 aromatic rings. The lowest BCUT2D eigenvalue weighted by atomic mass is 9.99. The van der Waals surface area contributed by atoms with Crippen molar-refractivity contribution in [3.05, 3.63) is 36.4 Å². The zero-order valence-corrected chi connectivity index (χ0v) is 10.5. The van der Waals surface area contributed by atoms with E-state index < -0.39 is 32.2 Å². The van der Waals surface area contributed by atoms with Gasteiger partial charge in [-0.2, -0.15) is 4.72 Å². The smallest absolute Gasteiger partial charge is 0.325 e.